The first-order valence-electron chi connectivity index (χ1n) is 13.1. The van der Waals surface area contributed by atoms with Crippen LogP contribution in [0.4, 0.5) is 4.39 Å². The van der Waals surface area contributed by atoms with Crippen molar-refractivity contribution >= 4 is 53.4 Å². The lowest BCUT2D eigenvalue weighted by Crippen LogP contribution is -2.43. The van der Waals surface area contributed by atoms with E-state index in [-0.39, 0.29) is 64.6 Å². The molecule has 0 spiro atoms. The van der Waals surface area contributed by atoms with Crippen molar-refractivity contribution in [1.29, 1.82) is 0 Å². The minimum absolute atomic E-state index is 0. The molecule has 0 aromatic heterocycles. The fourth-order valence-electron chi connectivity index (χ4n) is 5.31. The number of piperidine rings is 2. The summed E-state index contributed by atoms with van der Waals surface area (Å²) in [6.45, 7) is 7.39. The number of rotatable bonds is 9. The van der Waals surface area contributed by atoms with Crippen LogP contribution in [0.2, 0.25) is 0 Å². The van der Waals surface area contributed by atoms with E-state index in [9.17, 15) is 18.8 Å². The summed E-state index contributed by atoms with van der Waals surface area (Å²) in [4.78, 5) is 41.8. The Morgan fingerprint density at radius 1 is 1.05 bits per heavy atom. The monoisotopic (exact) mass is 588 g/mol. The molecule has 1 aliphatic carbocycles. The molecule has 212 valence electrons. The van der Waals surface area contributed by atoms with Crippen LogP contribution in [0.3, 0.4) is 0 Å². The number of benzene rings is 1. The Bertz CT molecular complexity index is 999. The third-order valence-electron chi connectivity index (χ3n) is 7.42. The first-order chi connectivity index (χ1) is 17.4. The van der Waals surface area contributed by atoms with Gasteiger partial charge >= 0.3 is 5.97 Å². The van der Waals surface area contributed by atoms with E-state index in [1.807, 2.05) is 6.92 Å². The Hall–Kier alpha value is -1.45. The summed E-state index contributed by atoms with van der Waals surface area (Å²) in [5, 5.41) is 0.141. The molecule has 2 saturated heterocycles. The third-order valence-corrected chi connectivity index (χ3v) is 8.57. The van der Waals surface area contributed by atoms with Crippen LogP contribution in [0.5, 0.6) is 0 Å². The molecule has 38 heavy (non-hydrogen) atoms. The zero-order chi connectivity index (χ0) is 25.7. The van der Waals surface area contributed by atoms with E-state index in [2.05, 4.69) is 15.9 Å². The van der Waals surface area contributed by atoms with Crippen LogP contribution in [0.25, 0.3) is 0 Å². The van der Waals surface area contributed by atoms with Crippen molar-refractivity contribution < 1.29 is 23.5 Å². The number of nitrogens with zero attached hydrogens (tertiary/aromatic N) is 2. The van der Waals surface area contributed by atoms with Crippen LogP contribution in [-0.2, 0) is 19.1 Å². The highest BCUT2D eigenvalue weighted by molar-refractivity contribution is 8.14. The Morgan fingerprint density at radius 2 is 1.74 bits per heavy atom. The maximum Gasteiger partial charge on any atom is 0.309 e. The van der Waals surface area contributed by atoms with Gasteiger partial charge in [-0.1, -0.05) is 36.0 Å². The minimum Gasteiger partial charge on any atom is -0.466 e. The summed E-state index contributed by atoms with van der Waals surface area (Å²) < 4.78 is 20.0. The van der Waals surface area contributed by atoms with Crippen LogP contribution < -0.4 is 0 Å². The van der Waals surface area contributed by atoms with Gasteiger partial charge in [0.15, 0.2) is 10.9 Å². The number of ether oxygens (including phenoxy) is 1. The van der Waals surface area contributed by atoms with Gasteiger partial charge < -0.3 is 4.74 Å². The normalized spacial score (nSPS) is 22.7. The third kappa shape index (κ3) is 8.52. The van der Waals surface area contributed by atoms with Crippen LogP contribution >= 0.6 is 36.6 Å². The smallest absolute Gasteiger partial charge is 0.309 e. The van der Waals surface area contributed by atoms with Gasteiger partial charge in [0.1, 0.15) is 5.82 Å². The quantitative estimate of drug-likeness (QED) is 0.288. The van der Waals surface area contributed by atoms with Crippen LogP contribution in [0, 0.1) is 17.7 Å². The van der Waals surface area contributed by atoms with E-state index in [1.54, 1.807) is 25.1 Å². The number of ketones is 1. The van der Waals surface area contributed by atoms with Crippen LogP contribution in [0.1, 0.15) is 57.6 Å². The highest BCUT2D eigenvalue weighted by atomic mass is 35.5. The summed E-state index contributed by atoms with van der Waals surface area (Å²) in [5.41, 5.74) is 1.58. The topological polar surface area (TPSA) is 66.9 Å². The van der Waals surface area contributed by atoms with Crippen molar-refractivity contribution in [2.75, 3.05) is 39.3 Å². The second kappa shape index (κ2) is 15.4. The molecule has 3 aliphatic rings. The minimum atomic E-state index is -0.592. The molecule has 1 aromatic carbocycles. The largest absolute Gasteiger partial charge is 0.466 e. The number of hydrogen-bond acceptors (Lipinski definition) is 7. The average molecular weight is 590 g/mol. The molecule has 0 amide bonds. The van der Waals surface area contributed by atoms with Crippen LogP contribution in [0.15, 0.2) is 35.9 Å². The lowest BCUT2D eigenvalue weighted by molar-refractivity contribution is -0.149. The summed E-state index contributed by atoms with van der Waals surface area (Å²) in [6.07, 6.45) is 6.26. The van der Waals surface area contributed by atoms with E-state index < -0.39 is 6.04 Å². The van der Waals surface area contributed by atoms with Gasteiger partial charge in [-0.05, 0) is 63.8 Å². The summed E-state index contributed by atoms with van der Waals surface area (Å²) >= 11 is 1.35. The molecular weight excluding hydrogens is 550 g/mol. The number of esters is 1. The molecule has 1 aromatic rings. The van der Waals surface area contributed by atoms with E-state index in [0.29, 0.717) is 25.3 Å². The Balaban J connectivity index is 0.00000253. The van der Waals surface area contributed by atoms with Gasteiger partial charge in [-0.15, -0.1) is 24.8 Å². The molecule has 6 nitrogen and oxygen atoms in total. The molecule has 4 rings (SSSR count). The summed E-state index contributed by atoms with van der Waals surface area (Å²) in [6, 6.07) is 6.01. The maximum absolute atomic E-state index is 14.8. The van der Waals surface area contributed by atoms with E-state index in [4.69, 9.17) is 4.74 Å². The highest BCUT2D eigenvalue weighted by Gasteiger charge is 2.41. The zero-order valence-electron chi connectivity index (χ0n) is 22.1. The standard InChI is InChI=1S/C28H37FN2O4S.2ClH/c1-3-35-28(34)21-10-14-30(15-11-21)16-12-22-18-31(17-13-25(22)36-19(2)32)26(27(33)20-8-9-20)23-6-4-5-7-24(23)29;;/h4-7,12,20-21,25-26H,3,8-11,13-18H2,1-2H3;2*1H/b22-12+;;. The van der Waals surface area contributed by atoms with Gasteiger partial charge in [0, 0.05) is 43.3 Å². The molecule has 2 heterocycles. The molecule has 1 saturated carbocycles. The Morgan fingerprint density at radius 3 is 2.34 bits per heavy atom. The first kappa shape index (κ1) is 32.8. The molecule has 2 aliphatic heterocycles. The molecule has 3 fully saturated rings. The SMILES string of the molecule is CCOC(=O)C1CCN(C/C=C2\CN(C(C(=O)C3CC3)c3ccccc3F)CCC2SC(C)=O)CC1.Cl.Cl. The Kier molecular flexibility index (Phi) is 13.2. The first-order valence-corrected chi connectivity index (χ1v) is 14.0. The molecule has 0 radical (unpaired) electrons. The van der Waals surface area contributed by atoms with Crippen molar-refractivity contribution in [2.45, 2.75) is 57.2 Å². The van der Waals surface area contributed by atoms with Crippen molar-refractivity contribution in [3.63, 3.8) is 0 Å². The molecular formula is C28H39Cl2FN2O4S. The second-order valence-electron chi connectivity index (χ2n) is 10.1. The number of thioether (sulfide) groups is 1. The number of carbonyl (C=O) groups excluding carboxylic acids is 3. The number of Topliss-reactive ketones (excluding diaryl/α,β-unsaturated/α-hetero) is 1. The lowest BCUT2D eigenvalue weighted by atomic mass is 9.93. The van der Waals surface area contributed by atoms with Gasteiger partial charge in [0.05, 0.1) is 18.6 Å². The predicted octanol–water partition coefficient (Wildman–Crippen LogP) is 5.25. The summed E-state index contributed by atoms with van der Waals surface area (Å²) in [7, 11) is 0. The zero-order valence-corrected chi connectivity index (χ0v) is 24.6. The van der Waals surface area contributed by atoms with Crippen molar-refractivity contribution in [1.82, 2.24) is 9.80 Å². The Labute approximate surface area is 241 Å². The van der Waals surface area contributed by atoms with Crippen molar-refractivity contribution in [3.05, 3.63) is 47.3 Å². The van der Waals surface area contributed by atoms with E-state index >= 15 is 0 Å². The lowest BCUT2D eigenvalue weighted by Gasteiger charge is -2.39. The fraction of sp³-hybridized carbons (Fsp3) is 0.607. The van der Waals surface area contributed by atoms with E-state index in [1.165, 1.54) is 17.8 Å². The predicted molar refractivity (Wildman–Crippen MR) is 153 cm³/mol. The van der Waals surface area contributed by atoms with E-state index in [0.717, 1.165) is 57.3 Å². The number of hydrogen-bond donors (Lipinski definition) is 0. The summed E-state index contributed by atoms with van der Waals surface area (Å²) in [5.74, 6) is -0.345. The highest BCUT2D eigenvalue weighted by Crippen LogP contribution is 2.40. The number of carbonyl (C=O) groups is 3. The van der Waals surface area contributed by atoms with Gasteiger partial charge in [-0.3, -0.25) is 24.2 Å². The average Bonchev–Trinajstić information content (AvgIpc) is 3.71. The van der Waals surface area contributed by atoms with Crippen LogP contribution in [-0.4, -0.2) is 71.2 Å². The van der Waals surface area contributed by atoms with Gasteiger partial charge in [-0.2, -0.15) is 0 Å². The second-order valence-corrected chi connectivity index (χ2v) is 11.4. The van der Waals surface area contributed by atoms with Gasteiger partial charge in [0.2, 0.25) is 0 Å². The number of likely N-dealkylation sites (tertiary alicyclic amines) is 2. The molecule has 2 atom stereocenters. The maximum atomic E-state index is 14.8. The van der Waals surface area contributed by atoms with Gasteiger partial charge in [0.25, 0.3) is 0 Å². The molecule has 10 heteroatoms. The molecule has 0 bridgehead atoms. The fourth-order valence-corrected chi connectivity index (χ4v) is 6.26. The molecule has 0 N–H and O–H groups in total. The van der Waals surface area contributed by atoms with Crippen molar-refractivity contribution in [2.24, 2.45) is 11.8 Å². The van der Waals surface area contributed by atoms with Crippen molar-refractivity contribution in [3.8, 4) is 0 Å². The van der Waals surface area contributed by atoms with Gasteiger partial charge in [-0.25, -0.2) is 4.39 Å². The molecule has 2 unspecified atom stereocenters. The number of halogens is 3.